The minimum absolute atomic E-state index is 0.738. The van der Waals surface area contributed by atoms with Crippen LogP contribution in [-0.4, -0.2) is 36.9 Å². The Kier molecular flexibility index (Phi) is 3.72. The highest BCUT2D eigenvalue weighted by Gasteiger charge is 2.15. The molecule has 88 valence electrons. The number of nitrogens with one attached hydrogen (secondary N) is 1. The van der Waals surface area contributed by atoms with Crippen molar-refractivity contribution in [3.05, 3.63) is 17.8 Å². The lowest BCUT2D eigenvalue weighted by molar-refractivity contribution is 0.380. The van der Waals surface area contributed by atoms with E-state index in [1.54, 1.807) is 0 Å². The number of aromatic nitrogens is 2. The predicted molar refractivity (Wildman–Crippen MR) is 65.6 cm³/mol. The molecule has 1 aliphatic heterocycles. The molecule has 1 aliphatic rings. The van der Waals surface area contributed by atoms with Crippen LogP contribution >= 0.6 is 0 Å². The van der Waals surface area contributed by atoms with Gasteiger partial charge in [-0.15, -0.1) is 5.10 Å². The molecule has 1 unspecified atom stereocenters. The van der Waals surface area contributed by atoms with Crippen molar-refractivity contribution in [2.75, 3.05) is 31.6 Å². The first-order chi connectivity index (χ1) is 7.75. The maximum Gasteiger partial charge on any atom is 0.150 e. The van der Waals surface area contributed by atoms with Crippen molar-refractivity contribution in [2.24, 2.45) is 5.92 Å². The molecule has 0 aliphatic carbocycles. The molecular formula is C12H20N4. The van der Waals surface area contributed by atoms with E-state index in [0.29, 0.717) is 0 Å². The zero-order chi connectivity index (χ0) is 11.4. The lowest BCUT2D eigenvalue weighted by atomic mass is 9.99. The molecule has 4 nitrogen and oxygen atoms in total. The topological polar surface area (TPSA) is 41.0 Å². The predicted octanol–water partition coefficient (Wildman–Crippen LogP) is 1.22. The fourth-order valence-corrected chi connectivity index (χ4v) is 2.16. The molecule has 0 spiro atoms. The van der Waals surface area contributed by atoms with E-state index < -0.39 is 0 Å². The van der Waals surface area contributed by atoms with Gasteiger partial charge in [0.05, 0.1) is 5.69 Å². The Morgan fingerprint density at radius 2 is 2.31 bits per heavy atom. The van der Waals surface area contributed by atoms with Gasteiger partial charge in [-0.05, 0) is 50.9 Å². The lowest BCUT2D eigenvalue weighted by Crippen LogP contribution is -2.37. The summed E-state index contributed by atoms with van der Waals surface area (Å²) < 4.78 is 0. The van der Waals surface area contributed by atoms with E-state index in [4.69, 9.17) is 0 Å². The third kappa shape index (κ3) is 2.92. The van der Waals surface area contributed by atoms with Crippen LogP contribution in [0.4, 0.5) is 5.82 Å². The highest BCUT2D eigenvalue weighted by Crippen LogP contribution is 2.14. The van der Waals surface area contributed by atoms with Crippen LogP contribution in [0, 0.1) is 12.8 Å². The Hall–Kier alpha value is -1.16. The zero-order valence-electron chi connectivity index (χ0n) is 10.1. The van der Waals surface area contributed by atoms with Crippen LogP contribution in [0.3, 0.4) is 0 Å². The SMILES string of the molecule is Cc1ccc(N(C)CC2CCCNC2)nn1. The van der Waals surface area contributed by atoms with Crippen LogP contribution in [-0.2, 0) is 0 Å². The summed E-state index contributed by atoms with van der Waals surface area (Å²) in [5.41, 5.74) is 0.969. The van der Waals surface area contributed by atoms with Crippen LogP contribution in [0.15, 0.2) is 12.1 Å². The average Bonchev–Trinajstić information content (AvgIpc) is 2.31. The van der Waals surface area contributed by atoms with Crippen molar-refractivity contribution in [3.8, 4) is 0 Å². The molecule has 2 rings (SSSR count). The summed E-state index contributed by atoms with van der Waals surface area (Å²) in [4.78, 5) is 2.20. The Labute approximate surface area is 97.1 Å². The van der Waals surface area contributed by atoms with E-state index in [0.717, 1.165) is 30.5 Å². The minimum Gasteiger partial charge on any atom is -0.358 e. The summed E-state index contributed by atoms with van der Waals surface area (Å²) in [5.74, 6) is 1.71. The van der Waals surface area contributed by atoms with E-state index in [1.807, 2.05) is 19.1 Å². The van der Waals surface area contributed by atoms with Gasteiger partial charge in [0.1, 0.15) is 0 Å². The second-order valence-electron chi connectivity index (χ2n) is 4.63. The first-order valence-electron chi connectivity index (χ1n) is 5.98. The van der Waals surface area contributed by atoms with Gasteiger partial charge in [0.25, 0.3) is 0 Å². The largest absolute Gasteiger partial charge is 0.358 e. The summed E-state index contributed by atoms with van der Waals surface area (Å²) in [6.45, 7) is 5.32. The standard InChI is InChI=1S/C12H20N4/c1-10-5-6-12(15-14-10)16(2)9-11-4-3-7-13-8-11/h5-6,11,13H,3-4,7-9H2,1-2H3. The monoisotopic (exact) mass is 220 g/mol. The van der Waals surface area contributed by atoms with Gasteiger partial charge < -0.3 is 10.2 Å². The number of nitrogens with zero attached hydrogens (tertiary/aromatic N) is 3. The molecule has 0 radical (unpaired) electrons. The molecular weight excluding hydrogens is 200 g/mol. The number of anilines is 1. The molecule has 16 heavy (non-hydrogen) atoms. The molecule has 0 saturated carbocycles. The Morgan fingerprint density at radius 1 is 1.44 bits per heavy atom. The molecule has 0 amide bonds. The summed E-state index contributed by atoms with van der Waals surface area (Å²) in [6, 6.07) is 4.05. The minimum atomic E-state index is 0.738. The van der Waals surface area contributed by atoms with E-state index in [2.05, 4.69) is 27.5 Å². The summed E-state index contributed by atoms with van der Waals surface area (Å²) in [6.07, 6.45) is 2.61. The smallest absolute Gasteiger partial charge is 0.150 e. The average molecular weight is 220 g/mol. The van der Waals surface area contributed by atoms with Crippen molar-refractivity contribution in [1.29, 1.82) is 0 Å². The molecule has 1 atom stereocenters. The number of aryl methyl sites for hydroxylation is 1. The van der Waals surface area contributed by atoms with E-state index in [-0.39, 0.29) is 0 Å². The second-order valence-corrected chi connectivity index (χ2v) is 4.63. The molecule has 1 fully saturated rings. The van der Waals surface area contributed by atoms with Crippen LogP contribution in [0.5, 0.6) is 0 Å². The highest BCUT2D eigenvalue weighted by molar-refractivity contribution is 5.35. The second kappa shape index (κ2) is 5.25. The zero-order valence-corrected chi connectivity index (χ0v) is 10.1. The van der Waals surface area contributed by atoms with Crippen LogP contribution in [0.1, 0.15) is 18.5 Å². The van der Waals surface area contributed by atoms with Crippen molar-refractivity contribution in [3.63, 3.8) is 0 Å². The maximum atomic E-state index is 4.20. The molecule has 1 N–H and O–H groups in total. The number of hydrogen-bond donors (Lipinski definition) is 1. The van der Waals surface area contributed by atoms with Crippen molar-refractivity contribution in [2.45, 2.75) is 19.8 Å². The van der Waals surface area contributed by atoms with E-state index in [1.165, 1.54) is 19.4 Å². The number of rotatable bonds is 3. The molecule has 4 heteroatoms. The van der Waals surface area contributed by atoms with Gasteiger partial charge in [0.2, 0.25) is 0 Å². The van der Waals surface area contributed by atoms with E-state index in [9.17, 15) is 0 Å². The van der Waals surface area contributed by atoms with Gasteiger partial charge in [-0.3, -0.25) is 0 Å². The molecule has 1 aromatic rings. The molecule has 0 bridgehead atoms. The highest BCUT2D eigenvalue weighted by atomic mass is 15.2. The summed E-state index contributed by atoms with van der Waals surface area (Å²) in [7, 11) is 2.09. The van der Waals surface area contributed by atoms with E-state index >= 15 is 0 Å². The Balaban J connectivity index is 1.91. The van der Waals surface area contributed by atoms with Crippen LogP contribution < -0.4 is 10.2 Å². The first-order valence-corrected chi connectivity index (χ1v) is 5.98. The van der Waals surface area contributed by atoms with Gasteiger partial charge in [-0.25, -0.2) is 0 Å². The van der Waals surface area contributed by atoms with Gasteiger partial charge >= 0.3 is 0 Å². The lowest BCUT2D eigenvalue weighted by Gasteiger charge is -2.27. The molecule has 1 saturated heterocycles. The van der Waals surface area contributed by atoms with Crippen LogP contribution in [0.2, 0.25) is 0 Å². The third-order valence-electron chi connectivity index (χ3n) is 3.11. The quantitative estimate of drug-likeness (QED) is 0.831. The molecule has 0 aromatic carbocycles. The Bertz CT molecular complexity index is 316. The maximum absolute atomic E-state index is 4.20. The number of hydrogen-bond acceptors (Lipinski definition) is 4. The third-order valence-corrected chi connectivity index (χ3v) is 3.11. The molecule has 1 aromatic heterocycles. The fourth-order valence-electron chi connectivity index (χ4n) is 2.16. The van der Waals surface area contributed by atoms with Gasteiger partial charge in [0.15, 0.2) is 5.82 Å². The summed E-state index contributed by atoms with van der Waals surface area (Å²) in [5, 5.41) is 11.7. The first kappa shape index (κ1) is 11.3. The number of piperidine rings is 1. The summed E-state index contributed by atoms with van der Waals surface area (Å²) >= 11 is 0. The van der Waals surface area contributed by atoms with Crippen molar-refractivity contribution >= 4 is 5.82 Å². The Morgan fingerprint density at radius 3 is 2.94 bits per heavy atom. The van der Waals surface area contributed by atoms with Crippen molar-refractivity contribution < 1.29 is 0 Å². The normalized spacial score (nSPS) is 20.8. The fraction of sp³-hybridized carbons (Fsp3) is 0.667. The molecule has 2 heterocycles. The van der Waals surface area contributed by atoms with Crippen LogP contribution in [0.25, 0.3) is 0 Å². The van der Waals surface area contributed by atoms with Crippen molar-refractivity contribution in [1.82, 2.24) is 15.5 Å². The van der Waals surface area contributed by atoms with Gasteiger partial charge in [-0.1, -0.05) is 0 Å². The van der Waals surface area contributed by atoms with Gasteiger partial charge in [-0.2, -0.15) is 5.10 Å². The van der Waals surface area contributed by atoms with Gasteiger partial charge in [0, 0.05) is 13.6 Å².